The van der Waals surface area contributed by atoms with Gasteiger partial charge in [0.05, 0.1) is 22.2 Å². The number of halogens is 1. The Labute approximate surface area is 115 Å². The van der Waals surface area contributed by atoms with E-state index in [0.29, 0.717) is 31.0 Å². The zero-order valence-electron chi connectivity index (χ0n) is 10.4. The Morgan fingerprint density at radius 3 is 2.58 bits per heavy atom. The van der Waals surface area contributed by atoms with E-state index in [1.807, 2.05) is 4.90 Å². The monoisotopic (exact) mass is 285 g/mol. The SMILES string of the molecule is NC1(CO)CCN(c2ccc([N+](=O)[O-])cc2Cl)CC1. The summed E-state index contributed by atoms with van der Waals surface area (Å²) in [4.78, 5) is 12.2. The molecule has 0 radical (unpaired) electrons. The van der Waals surface area contributed by atoms with Crippen molar-refractivity contribution >= 4 is 23.0 Å². The number of aliphatic hydroxyl groups excluding tert-OH is 1. The minimum atomic E-state index is -0.524. The second-order valence-electron chi connectivity index (χ2n) is 4.90. The second kappa shape index (κ2) is 5.32. The van der Waals surface area contributed by atoms with Crippen LogP contribution in [0.25, 0.3) is 0 Å². The lowest BCUT2D eigenvalue weighted by atomic mass is 9.89. The molecular weight excluding hydrogens is 270 g/mol. The van der Waals surface area contributed by atoms with Crippen molar-refractivity contribution in [3.8, 4) is 0 Å². The molecular formula is C12H16ClN3O3. The van der Waals surface area contributed by atoms with Crippen molar-refractivity contribution in [2.45, 2.75) is 18.4 Å². The summed E-state index contributed by atoms with van der Waals surface area (Å²) in [5.41, 5.74) is 6.23. The first-order valence-corrected chi connectivity index (χ1v) is 6.42. The molecule has 0 saturated carbocycles. The fourth-order valence-electron chi connectivity index (χ4n) is 2.22. The number of hydrogen-bond donors (Lipinski definition) is 2. The molecule has 1 saturated heterocycles. The Morgan fingerprint density at radius 1 is 1.47 bits per heavy atom. The fourth-order valence-corrected chi connectivity index (χ4v) is 2.51. The summed E-state index contributed by atoms with van der Waals surface area (Å²) in [5, 5.41) is 20.2. The average molecular weight is 286 g/mol. The van der Waals surface area contributed by atoms with Gasteiger partial charge in [-0.2, -0.15) is 0 Å². The van der Waals surface area contributed by atoms with Gasteiger partial charge in [0.2, 0.25) is 0 Å². The molecule has 0 unspecified atom stereocenters. The minimum Gasteiger partial charge on any atom is -0.394 e. The summed E-state index contributed by atoms with van der Waals surface area (Å²) in [5.74, 6) is 0. The molecule has 1 aliphatic heterocycles. The number of nitro groups is 1. The number of nitrogens with two attached hydrogens (primary N) is 1. The summed E-state index contributed by atoms with van der Waals surface area (Å²) >= 11 is 6.09. The lowest BCUT2D eigenvalue weighted by Crippen LogP contribution is -2.53. The Bertz CT molecular complexity index is 487. The molecule has 0 aliphatic carbocycles. The summed E-state index contributed by atoms with van der Waals surface area (Å²) in [6.07, 6.45) is 1.33. The molecule has 1 aromatic rings. The van der Waals surface area contributed by atoms with Crippen LogP contribution in [0.5, 0.6) is 0 Å². The van der Waals surface area contributed by atoms with Crippen molar-refractivity contribution < 1.29 is 10.0 Å². The highest BCUT2D eigenvalue weighted by Crippen LogP contribution is 2.32. The molecule has 2 rings (SSSR count). The number of anilines is 1. The lowest BCUT2D eigenvalue weighted by molar-refractivity contribution is -0.384. The number of benzene rings is 1. The van der Waals surface area contributed by atoms with E-state index in [9.17, 15) is 15.2 Å². The molecule has 7 heteroatoms. The number of rotatable bonds is 3. The molecule has 104 valence electrons. The van der Waals surface area contributed by atoms with Gasteiger partial charge in [-0.1, -0.05) is 11.6 Å². The van der Waals surface area contributed by atoms with E-state index in [1.54, 1.807) is 6.07 Å². The second-order valence-corrected chi connectivity index (χ2v) is 5.31. The molecule has 0 spiro atoms. The third-order valence-corrected chi connectivity index (χ3v) is 3.86. The van der Waals surface area contributed by atoms with Gasteiger partial charge in [0, 0.05) is 30.8 Å². The van der Waals surface area contributed by atoms with Crippen LogP contribution in [0.2, 0.25) is 5.02 Å². The maximum Gasteiger partial charge on any atom is 0.271 e. The topological polar surface area (TPSA) is 92.6 Å². The molecule has 1 aromatic carbocycles. The van der Waals surface area contributed by atoms with Crippen LogP contribution in [0.15, 0.2) is 18.2 Å². The maximum absolute atomic E-state index is 10.7. The molecule has 0 amide bonds. The van der Waals surface area contributed by atoms with Crippen molar-refractivity contribution in [1.82, 2.24) is 0 Å². The quantitative estimate of drug-likeness (QED) is 0.649. The van der Waals surface area contributed by atoms with E-state index in [1.165, 1.54) is 12.1 Å². The van der Waals surface area contributed by atoms with E-state index in [-0.39, 0.29) is 12.3 Å². The molecule has 0 bridgehead atoms. The van der Waals surface area contributed by atoms with Crippen LogP contribution in [0, 0.1) is 10.1 Å². The van der Waals surface area contributed by atoms with Crippen molar-refractivity contribution in [3.63, 3.8) is 0 Å². The van der Waals surface area contributed by atoms with Gasteiger partial charge in [-0.15, -0.1) is 0 Å². The standard InChI is InChI=1S/C12H16ClN3O3/c13-10-7-9(16(18)19)1-2-11(10)15-5-3-12(14,8-17)4-6-15/h1-2,7,17H,3-6,8,14H2. The lowest BCUT2D eigenvalue weighted by Gasteiger charge is -2.39. The molecule has 19 heavy (non-hydrogen) atoms. The van der Waals surface area contributed by atoms with Gasteiger partial charge in [-0.05, 0) is 18.9 Å². The molecule has 1 heterocycles. The number of hydrogen-bond acceptors (Lipinski definition) is 5. The first kappa shape index (κ1) is 14.0. The van der Waals surface area contributed by atoms with Crippen molar-refractivity contribution in [3.05, 3.63) is 33.3 Å². The van der Waals surface area contributed by atoms with Crippen LogP contribution in [0.4, 0.5) is 11.4 Å². The van der Waals surface area contributed by atoms with Gasteiger partial charge in [-0.3, -0.25) is 10.1 Å². The largest absolute Gasteiger partial charge is 0.394 e. The number of nitrogens with zero attached hydrogens (tertiary/aromatic N) is 2. The Balaban J connectivity index is 2.14. The van der Waals surface area contributed by atoms with Crippen molar-refractivity contribution in [1.29, 1.82) is 0 Å². The molecule has 0 atom stereocenters. The third kappa shape index (κ3) is 2.97. The number of nitro benzene ring substituents is 1. The van der Waals surface area contributed by atoms with Gasteiger partial charge in [0.1, 0.15) is 0 Å². The normalized spacial score (nSPS) is 18.4. The average Bonchev–Trinajstić information content (AvgIpc) is 2.40. The predicted octanol–water partition coefficient (Wildman–Crippen LogP) is 1.54. The van der Waals surface area contributed by atoms with Crippen LogP contribution in [-0.4, -0.2) is 35.3 Å². The van der Waals surface area contributed by atoms with Crippen LogP contribution >= 0.6 is 11.6 Å². The van der Waals surface area contributed by atoms with Crippen LogP contribution < -0.4 is 10.6 Å². The number of non-ortho nitro benzene ring substituents is 1. The molecule has 1 aliphatic rings. The van der Waals surface area contributed by atoms with Gasteiger partial charge < -0.3 is 15.7 Å². The predicted molar refractivity (Wildman–Crippen MR) is 73.6 cm³/mol. The Morgan fingerprint density at radius 2 is 2.11 bits per heavy atom. The van der Waals surface area contributed by atoms with E-state index >= 15 is 0 Å². The molecule has 1 fully saturated rings. The first-order valence-electron chi connectivity index (χ1n) is 6.04. The summed E-state index contributed by atoms with van der Waals surface area (Å²) in [7, 11) is 0. The zero-order valence-corrected chi connectivity index (χ0v) is 11.1. The van der Waals surface area contributed by atoms with E-state index < -0.39 is 10.5 Å². The van der Waals surface area contributed by atoms with Gasteiger partial charge in [-0.25, -0.2) is 0 Å². The van der Waals surface area contributed by atoms with Gasteiger partial charge >= 0.3 is 0 Å². The van der Waals surface area contributed by atoms with Gasteiger partial charge in [0.15, 0.2) is 0 Å². The van der Waals surface area contributed by atoms with E-state index in [2.05, 4.69) is 0 Å². The Hall–Kier alpha value is -1.37. The van der Waals surface area contributed by atoms with Gasteiger partial charge in [0.25, 0.3) is 5.69 Å². The first-order chi connectivity index (χ1) is 8.95. The third-order valence-electron chi connectivity index (χ3n) is 3.56. The van der Waals surface area contributed by atoms with Crippen molar-refractivity contribution in [2.75, 3.05) is 24.6 Å². The number of piperidine rings is 1. The fraction of sp³-hybridized carbons (Fsp3) is 0.500. The van der Waals surface area contributed by atoms with Crippen LogP contribution in [0.3, 0.4) is 0 Å². The highest BCUT2D eigenvalue weighted by atomic mass is 35.5. The molecule has 3 N–H and O–H groups in total. The summed E-state index contributed by atoms with van der Waals surface area (Å²) < 4.78 is 0. The van der Waals surface area contributed by atoms with Crippen LogP contribution in [-0.2, 0) is 0 Å². The minimum absolute atomic E-state index is 0.0192. The highest BCUT2D eigenvalue weighted by molar-refractivity contribution is 6.33. The maximum atomic E-state index is 10.7. The van der Waals surface area contributed by atoms with E-state index in [0.717, 1.165) is 5.69 Å². The zero-order chi connectivity index (χ0) is 14.0. The molecule has 6 nitrogen and oxygen atoms in total. The van der Waals surface area contributed by atoms with Crippen molar-refractivity contribution in [2.24, 2.45) is 5.73 Å². The molecule has 0 aromatic heterocycles. The number of aliphatic hydroxyl groups is 1. The van der Waals surface area contributed by atoms with E-state index in [4.69, 9.17) is 17.3 Å². The highest BCUT2D eigenvalue weighted by Gasteiger charge is 2.30. The van der Waals surface area contributed by atoms with Crippen LogP contribution in [0.1, 0.15) is 12.8 Å². The summed E-state index contributed by atoms with van der Waals surface area (Å²) in [6, 6.07) is 4.45. The Kier molecular flexibility index (Phi) is 3.93. The summed E-state index contributed by atoms with van der Waals surface area (Å²) in [6.45, 7) is 1.32. The smallest absolute Gasteiger partial charge is 0.271 e.